The summed E-state index contributed by atoms with van der Waals surface area (Å²) in [4.78, 5) is 25.5. The first-order valence-corrected chi connectivity index (χ1v) is 9.15. The fourth-order valence-electron chi connectivity index (χ4n) is 2.42. The van der Waals surface area contributed by atoms with E-state index in [9.17, 15) is 9.59 Å². The van der Waals surface area contributed by atoms with Gasteiger partial charge in [0.15, 0.2) is 0 Å². The van der Waals surface area contributed by atoms with Crippen LogP contribution in [-0.4, -0.2) is 35.8 Å². The maximum absolute atomic E-state index is 12.1. The summed E-state index contributed by atoms with van der Waals surface area (Å²) in [6, 6.07) is 16.9. The van der Waals surface area contributed by atoms with Crippen LogP contribution in [0, 0.1) is 0 Å². The van der Waals surface area contributed by atoms with Gasteiger partial charge in [0, 0.05) is 6.54 Å². The van der Waals surface area contributed by atoms with Crippen LogP contribution >= 0.6 is 11.8 Å². The third kappa shape index (κ3) is 4.46. The minimum atomic E-state index is -0.235. The maximum atomic E-state index is 12.1. The van der Waals surface area contributed by atoms with E-state index in [1.54, 1.807) is 13.0 Å². The molecular weight excluding hydrogens is 350 g/mol. The molecule has 1 aliphatic heterocycles. The molecule has 0 bridgehead atoms. The molecule has 1 saturated heterocycles. The predicted octanol–water partition coefficient (Wildman–Crippen LogP) is 4.20. The number of amides is 2. The summed E-state index contributed by atoms with van der Waals surface area (Å²) >= 11 is 0.971. The number of carbonyl (C=O) groups excluding carboxylic acids is 2. The van der Waals surface area contributed by atoms with Crippen LogP contribution in [0.4, 0.5) is 4.79 Å². The third-order valence-electron chi connectivity index (χ3n) is 3.73. The number of para-hydroxylation sites is 1. The molecule has 0 spiro atoms. The van der Waals surface area contributed by atoms with Gasteiger partial charge in [-0.15, -0.1) is 0 Å². The van der Waals surface area contributed by atoms with Crippen molar-refractivity contribution in [3.8, 4) is 11.5 Å². The van der Waals surface area contributed by atoms with E-state index >= 15 is 0 Å². The van der Waals surface area contributed by atoms with Crippen LogP contribution in [-0.2, 0) is 4.79 Å². The Morgan fingerprint density at radius 3 is 2.12 bits per heavy atom. The summed E-state index contributed by atoms with van der Waals surface area (Å²) in [5.74, 6) is 1.30. The van der Waals surface area contributed by atoms with E-state index in [1.165, 1.54) is 4.90 Å². The van der Waals surface area contributed by atoms with Crippen LogP contribution in [0.2, 0.25) is 0 Å². The van der Waals surface area contributed by atoms with Crippen molar-refractivity contribution in [3.63, 3.8) is 0 Å². The van der Waals surface area contributed by atoms with Crippen LogP contribution in [0.3, 0.4) is 0 Å². The zero-order valence-electron chi connectivity index (χ0n) is 14.4. The topological polar surface area (TPSA) is 55.8 Å². The Bertz CT molecular complexity index is 802. The van der Waals surface area contributed by atoms with E-state index < -0.39 is 0 Å². The molecule has 0 N–H and O–H groups in total. The molecule has 0 aliphatic carbocycles. The SMILES string of the molecule is CCN1C(=O)S/C(=C/c2ccc(OCCOc3ccccc3)cc2)C1=O. The first kappa shape index (κ1) is 18.1. The molecule has 0 aromatic heterocycles. The molecule has 26 heavy (non-hydrogen) atoms. The largest absolute Gasteiger partial charge is 0.490 e. The molecular formula is C20H19NO4S. The van der Waals surface area contributed by atoms with Gasteiger partial charge in [-0.2, -0.15) is 0 Å². The second kappa shape index (κ2) is 8.58. The van der Waals surface area contributed by atoms with Crippen molar-refractivity contribution in [2.24, 2.45) is 0 Å². The van der Waals surface area contributed by atoms with Crippen molar-refractivity contribution < 1.29 is 19.1 Å². The molecule has 2 aromatic carbocycles. The Kier molecular flexibility index (Phi) is 5.96. The molecule has 0 saturated carbocycles. The molecule has 134 valence electrons. The van der Waals surface area contributed by atoms with Gasteiger partial charge >= 0.3 is 0 Å². The quantitative estimate of drug-likeness (QED) is 0.541. The maximum Gasteiger partial charge on any atom is 0.293 e. The number of rotatable bonds is 7. The molecule has 2 amide bonds. The molecule has 2 aromatic rings. The lowest BCUT2D eigenvalue weighted by Gasteiger charge is -2.08. The number of ether oxygens (including phenoxy) is 2. The Balaban J connectivity index is 1.51. The smallest absolute Gasteiger partial charge is 0.293 e. The summed E-state index contributed by atoms with van der Waals surface area (Å²) < 4.78 is 11.2. The Hall–Kier alpha value is -2.73. The molecule has 3 rings (SSSR count). The highest BCUT2D eigenvalue weighted by Gasteiger charge is 2.33. The lowest BCUT2D eigenvalue weighted by atomic mass is 10.2. The normalized spacial score (nSPS) is 15.6. The molecule has 0 unspecified atom stereocenters. The second-order valence-corrected chi connectivity index (χ2v) is 6.50. The first-order chi connectivity index (χ1) is 12.7. The first-order valence-electron chi connectivity index (χ1n) is 8.33. The van der Waals surface area contributed by atoms with Gasteiger partial charge in [-0.25, -0.2) is 0 Å². The van der Waals surface area contributed by atoms with E-state index in [-0.39, 0.29) is 11.1 Å². The zero-order valence-corrected chi connectivity index (χ0v) is 15.2. The van der Waals surface area contributed by atoms with Crippen molar-refractivity contribution in [3.05, 3.63) is 65.1 Å². The fourth-order valence-corrected chi connectivity index (χ4v) is 3.32. The van der Waals surface area contributed by atoms with E-state index in [0.29, 0.717) is 24.7 Å². The molecule has 0 atom stereocenters. The van der Waals surface area contributed by atoms with E-state index in [0.717, 1.165) is 28.8 Å². The molecule has 1 fully saturated rings. The van der Waals surface area contributed by atoms with Gasteiger partial charge < -0.3 is 9.47 Å². The molecule has 1 heterocycles. The minimum absolute atomic E-state index is 0.220. The van der Waals surface area contributed by atoms with Crippen LogP contribution in [0.1, 0.15) is 12.5 Å². The highest BCUT2D eigenvalue weighted by molar-refractivity contribution is 8.18. The highest BCUT2D eigenvalue weighted by atomic mass is 32.2. The lowest BCUT2D eigenvalue weighted by molar-refractivity contribution is -0.122. The lowest BCUT2D eigenvalue weighted by Crippen LogP contribution is -2.27. The van der Waals surface area contributed by atoms with E-state index in [2.05, 4.69) is 0 Å². The number of hydrogen-bond donors (Lipinski definition) is 0. The van der Waals surface area contributed by atoms with Crippen molar-refractivity contribution in [2.75, 3.05) is 19.8 Å². The average Bonchev–Trinajstić information content (AvgIpc) is 2.93. The summed E-state index contributed by atoms with van der Waals surface area (Å²) in [6.45, 7) is 3.06. The summed E-state index contributed by atoms with van der Waals surface area (Å²) in [5.41, 5.74) is 0.847. The predicted molar refractivity (Wildman–Crippen MR) is 102 cm³/mol. The van der Waals surface area contributed by atoms with Gasteiger partial charge in [-0.1, -0.05) is 30.3 Å². The Labute approximate surface area is 156 Å². The summed E-state index contributed by atoms with van der Waals surface area (Å²) in [7, 11) is 0. The van der Waals surface area contributed by atoms with Crippen molar-refractivity contribution in [2.45, 2.75) is 6.92 Å². The summed E-state index contributed by atoms with van der Waals surface area (Å²) in [5, 5.41) is -0.220. The van der Waals surface area contributed by atoms with Gasteiger partial charge in [0.2, 0.25) is 0 Å². The number of likely N-dealkylation sites (N-methyl/N-ethyl adjacent to an activating group) is 1. The van der Waals surface area contributed by atoms with Crippen LogP contribution in [0.5, 0.6) is 11.5 Å². The number of benzene rings is 2. The second-order valence-electron chi connectivity index (χ2n) is 5.50. The number of carbonyl (C=O) groups is 2. The Morgan fingerprint density at radius 2 is 1.54 bits per heavy atom. The van der Waals surface area contributed by atoms with Crippen molar-refractivity contribution >= 4 is 29.0 Å². The fraction of sp³-hybridized carbons (Fsp3) is 0.200. The molecule has 1 aliphatic rings. The monoisotopic (exact) mass is 369 g/mol. The van der Waals surface area contributed by atoms with Gasteiger partial charge in [0.05, 0.1) is 4.91 Å². The van der Waals surface area contributed by atoms with Crippen LogP contribution in [0.25, 0.3) is 6.08 Å². The standard InChI is InChI=1S/C20H19NO4S/c1-2-21-19(22)18(26-20(21)23)14-15-8-10-17(11-9-15)25-13-12-24-16-6-4-3-5-7-16/h3-11,14H,2,12-13H2,1H3/b18-14+. The van der Waals surface area contributed by atoms with Gasteiger partial charge in [-0.3, -0.25) is 14.5 Å². The highest BCUT2D eigenvalue weighted by Crippen LogP contribution is 2.32. The molecule has 5 nitrogen and oxygen atoms in total. The van der Waals surface area contributed by atoms with Crippen molar-refractivity contribution in [1.29, 1.82) is 0 Å². The van der Waals surface area contributed by atoms with Crippen LogP contribution in [0.15, 0.2) is 59.5 Å². The zero-order chi connectivity index (χ0) is 18.4. The molecule has 6 heteroatoms. The third-order valence-corrected chi connectivity index (χ3v) is 4.64. The summed E-state index contributed by atoms with van der Waals surface area (Å²) in [6.07, 6.45) is 1.73. The average molecular weight is 369 g/mol. The van der Waals surface area contributed by atoms with Gasteiger partial charge in [0.1, 0.15) is 24.7 Å². The van der Waals surface area contributed by atoms with E-state index in [1.807, 2.05) is 54.6 Å². The number of imide groups is 1. The molecule has 0 radical (unpaired) electrons. The van der Waals surface area contributed by atoms with Crippen molar-refractivity contribution in [1.82, 2.24) is 4.90 Å². The number of thioether (sulfide) groups is 1. The minimum Gasteiger partial charge on any atom is -0.490 e. The van der Waals surface area contributed by atoms with E-state index in [4.69, 9.17) is 9.47 Å². The van der Waals surface area contributed by atoms with Gasteiger partial charge in [0.25, 0.3) is 11.1 Å². The number of nitrogens with zero attached hydrogens (tertiary/aromatic N) is 1. The number of hydrogen-bond acceptors (Lipinski definition) is 5. The van der Waals surface area contributed by atoms with Gasteiger partial charge in [-0.05, 0) is 54.6 Å². The Morgan fingerprint density at radius 1 is 0.923 bits per heavy atom. The van der Waals surface area contributed by atoms with Crippen LogP contribution < -0.4 is 9.47 Å².